The van der Waals surface area contributed by atoms with Gasteiger partial charge in [-0.25, -0.2) is 0 Å². The van der Waals surface area contributed by atoms with Crippen molar-refractivity contribution in [3.8, 4) is 0 Å². The minimum absolute atomic E-state index is 0.0843. The Morgan fingerprint density at radius 2 is 1.87 bits per heavy atom. The summed E-state index contributed by atoms with van der Waals surface area (Å²) in [6.45, 7) is 14.9. The van der Waals surface area contributed by atoms with Crippen LogP contribution in [-0.2, 0) is 0 Å². The molecule has 1 heteroatoms. The Kier molecular flexibility index (Phi) is 6.85. The fourth-order valence-electron chi connectivity index (χ4n) is 9.10. The van der Waals surface area contributed by atoms with Gasteiger partial charge in [0.05, 0.1) is 6.10 Å². The first-order valence-corrected chi connectivity index (χ1v) is 13.8. The number of aliphatic hydroxyl groups excluding tert-OH is 1. The fourth-order valence-corrected chi connectivity index (χ4v) is 9.10. The van der Waals surface area contributed by atoms with Crippen molar-refractivity contribution in [2.45, 2.75) is 118 Å². The van der Waals surface area contributed by atoms with Gasteiger partial charge >= 0.3 is 0 Å². The lowest BCUT2D eigenvalue weighted by Crippen LogP contribution is -2.50. The van der Waals surface area contributed by atoms with Gasteiger partial charge in [-0.3, -0.25) is 0 Å². The van der Waals surface area contributed by atoms with Crippen molar-refractivity contribution in [2.75, 3.05) is 0 Å². The predicted molar refractivity (Wildman–Crippen MR) is 133 cm³/mol. The van der Waals surface area contributed by atoms with Crippen molar-refractivity contribution < 1.29 is 5.11 Å². The van der Waals surface area contributed by atoms with Crippen LogP contribution in [0.25, 0.3) is 0 Å². The predicted octanol–water partition coefficient (Wildman–Crippen LogP) is 8.34. The molecular formula is C30H50O. The van der Waals surface area contributed by atoms with Gasteiger partial charge in [-0.1, -0.05) is 64.8 Å². The molecule has 8 atom stereocenters. The highest BCUT2D eigenvalue weighted by Gasteiger charge is 2.59. The van der Waals surface area contributed by atoms with Crippen LogP contribution in [0.2, 0.25) is 0 Å². The van der Waals surface area contributed by atoms with Gasteiger partial charge in [-0.15, -0.1) is 0 Å². The van der Waals surface area contributed by atoms with E-state index in [1.807, 2.05) is 0 Å². The number of hydrogen-bond acceptors (Lipinski definition) is 1. The Morgan fingerprint density at radius 1 is 1.10 bits per heavy atom. The van der Waals surface area contributed by atoms with Crippen LogP contribution in [0.1, 0.15) is 112 Å². The molecule has 0 aromatic rings. The van der Waals surface area contributed by atoms with Crippen LogP contribution >= 0.6 is 0 Å². The molecule has 1 N–H and O–H groups in total. The highest BCUT2D eigenvalue weighted by molar-refractivity contribution is 5.25. The Hall–Kier alpha value is -0.560. The zero-order valence-corrected chi connectivity index (χ0v) is 21.4. The number of hydrogen-bond donors (Lipinski definition) is 1. The fraction of sp³-hybridized carbons (Fsp3) is 0.867. The molecule has 3 fully saturated rings. The summed E-state index contributed by atoms with van der Waals surface area (Å²) < 4.78 is 0. The molecule has 0 heterocycles. The Morgan fingerprint density at radius 3 is 2.58 bits per heavy atom. The normalized spacial score (nSPS) is 43.8. The van der Waals surface area contributed by atoms with Crippen molar-refractivity contribution in [2.24, 2.45) is 46.3 Å². The zero-order valence-electron chi connectivity index (χ0n) is 21.4. The summed E-state index contributed by atoms with van der Waals surface area (Å²) in [5.74, 6) is 5.15. The molecule has 0 bridgehead atoms. The SMILES string of the molecule is CC/C=C(\CC[C@@H](C)[C@H]1CC[C@H]2[C@@H]3CC=C4C[C@@H](O)CC[C@]4(C)[C@H]3CC[C@]12C)C(C)C. The van der Waals surface area contributed by atoms with Crippen LogP contribution in [0, 0.1) is 46.3 Å². The maximum atomic E-state index is 10.3. The second kappa shape index (κ2) is 9.00. The summed E-state index contributed by atoms with van der Waals surface area (Å²) in [6, 6.07) is 0. The van der Waals surface area contributed by atoms with Gasteiger partial charge in [0.1, 0.15) is 0 Å². The van der Waals surface area contributed by atoms with E-state index in [9.17, 15) is 5.11 Å². The van der Waals surface area contributed by atoms with Crippen LogP contribution < -0.4 is 0 Å². The van der Waals surface area contributed by atoms with Crippen molar-refractivity contribution in [3.63, 3.8) is 0 Å². The molecule has 3 saturated carbocycles. The molecule has 0 aromatic carbocycles. The second-order valence-electron chi connectivity index (χ2n) is 12.7. The minimum atomic E-state index is -0.0843. The largest absolute Gasteiger partial charge is 0.393 e. The molecule has 4 rings (SSSR count). The van der Waals surface area contributed by atoms with Gasteiger partial charge in [0, 0.05) is 0 Å². The third-order valence-electron chi connectivity index (χ3n) is 10.9. The van der Waals surface area contributed by atoms with E-state index in [1.54, 1.807) is 11.1 Å². The molecule has 0 radical (unpaired) electrons. The van der Waals surface area contributed by atoms with E-state index in [4.69, 9.17) is 0 Å². The van der Waals surface area contributed by atoms with Crippen molar-refractivity contribution in [1.82, 2.24) is 0 Å². The van der Waals surface area contributed by atoms with Crippen molar-refractivity contribution in [3.05, 3.63) is 23.3 Å². The number of fused-ring (bicyclic) bond motifs is 5. The van der Waals surface area contributed by atoms with Gasteiger partial charge < -0.3 is 5.11 Å². The van der Waals surface area contributed by atoms with Crippen LogP contribution in [0.4, 0.5) is 0 Å². The van der Waals surface area contributed by atoms with Gasteiger partial charge in [-0.2, -0.15) is 0 Å². The molecule has 4 aliphatic rings. The average molecular weight is 427 g/mol. The summed E-state index contributed by atoms with van der Waals surface area (Å²) in [5.41, 5.74) is 4.24. The van der Waals surface area contributed by atoms with E-state index in [-0.39, 0.29) is 6.10 Å². The third kappa shape index (κ3) is 4.11. The van der Waals surface area contributed by atoms with E-state index >= 15 is 0 Å². The molecule has 176 valence electrons. The Bertz CT molecular complexity index is 701. The maximum absolute atomic E-state index is 10.3. The van der Waals surface area contributed by atoms with E-state index in [0.717, 1.165) is 42.4 Å². The highest BCUT2D eigenvalue weighted by atomic mass is 16.3. The molecule has 31 heavy (non-hydrogen) atoms. The first-order chi connectivity index (χ1) is 14.7. The molecular weight excluding hydrogens is 376 g/mol. The molecule has 0 unspecified atom stereocenters. The number of aliphatic hydroxyl groups is 1. The molecule has 1 nitrogen and oxygen atoms in total. The highest BCUT2D eigenvalue weighted by Crippen LogP contribution is 2.67. The Balaban J connectivity index is 1.47. The van der Waals surface area contributed by atoms with E-state index in [1.165, 1.54) is 57.8 Å². The van der Waals surface area contributed by atoms with Gasteiger partial charge in [-0.05, 0) is 117 Å². The molecule has 0 amide bonds. The van der Waals surface area contributed by atoms with E-state index in [2.05, 4.69) is 53.7 Å². The molecule has 0 saturated heterocycles. The number of rotatable bonds is 6. The summed E-state index contributed by atoms with van der Waals surface area (Å²) in [7, 11) is 0. The topological polar surface area (TPSA) is 20.2 Å². The smallest absolute Gasteiger partial charge is 0.0577 e. The maximum Gasteiger partial charge on any atom is 0.0577 e. The monoisotopic (exact) mass is 426 g/mol. The average Bonchev–Trinajstić information content (AvgIpc) is 3.08. The van der Waals surface area contributed by atoms with Crippen molar-refractivity contribution in [1.29, 1.82) is 0 Å². The lowest BCUT2D eigenvalue weighted by Gasteiger charge is -2.58. The van der Waals surface area contributed by atoms with Crippen molar-refractivity contribution >= 4 is 0 Å². The van der Waals surface area contributed by atoms with E-state index in [0.29, 0.717) is 16.7 Å². The first-order valence-electron chi connectivity index (χ1n) is 13.8. The lowest BCUT2D eigenvalue weighted by molar-refractivity contribution is -0.0571. The quantitative estimate of drug-likeness (QED) is 0.423. The lowest BCUT2D eigenvalue weighted by atomic mass is 9.47. The summed E-state index contributed by atoms with van der Waals surface area (Å²) in [4.78, 5) is 0. The van der Waals surface area contributed by atoms with Crippen LogP contribution in [0.5, 0.6) is 0 Å². The standard InChI is InChI=1S/C30H50O/c1-7-8-22(20(2)3)10-9-21(4)26-13-14-27-25-12-11-23-19-24(31)15-17-29(23,5)28(25)16-18-30(26,27)6/h8,11,20-21,24-28,31H,7,9-10,12-19H2,1-6H3/b22-8+/t21-,24+,25+,26-,27+,28+,29+,30-/m1/s1. The first kappa shape index (κ1) is 23.6. The summed E-state index contributed by atoms with van der Waals surface area (Å²) in [5, 5.41) is 10.3. The Labute approximate surface area is 193 Å². The minimum Gasteiger partial charge on any atom is -0.393 e. The molecule has 0 aromatic heterocycles. The van der Waals surface area contributed by atoms with Gasteiger partial charge in [0.15, 0.2) is 0 Å². The molecule has 0 aliphatic heterocycles. The van der Waals surface area contributed by atoms with E-state index < -0.39 is 0 Å². The third-order valence-corrected chi connectivity index (χ3v) is 10.9. The zero-order chi connectivity index (χ0) is 22.4. The molecule has 4 aliphatic carbocycles. The van der Waals surface area contributed by atoms with Gasteiger partial charge in [0.25, 0.3) is 0 Å². The van der Waals surface area contributed by atoms with Crippen LogP contribution in [0.15, 0.2) is 23.3 Å². The van der Waals surface area contributed by atoms with Gasteiger partial charge in [0.2, 0.25) is 0 Å². The number of allylic oxidation sites excluding steroid dienone is 3. The summed E-state index contributed by atoms with van der Waals surface area (Å²) in [6.07, 6.45) is 19.2. The molecule has 0 spiro atoms. The summed E-state index contributed by atoms with van der Waals surface area (Å²) >= 11 is 0. The van der Waals surface area contributed by atoms with Crippen LogP contribution in [-0.4, -0.2) is 11.2 Å². The second-order valence-corrected chi connectivity index (χ2v) is 12.7. The van der Waals surface area contributed by atoms with Crippen LogP contribution in [0.3, 0.4) is 0 Å².